The highest BCUT2D eigenvalue weighted by Crippen LogP contribution is 2.31. The Morgan fingerprint density at radius 1 is 0.841 bits per heavy atom. The summed E-state index contributed by atoms with van der Waals surface area (Å²) in [6.45, 7) is 13.5. The molecule has 0 aliphatic carbocycles. The van der Waals surface area contributed by atoms with Crippen LogP contribution >= 0.6 is 0 Å². The summed E-state index contributed by atoms with van der Waals surface area (Å²) >= 11 is 0. The molecule has 0 unspecified atom stereocenters. The fourth-order valence-electron chi connectivity index (χ4n) is 5.51. The number of aryl methyl sites for hydroxylation is 1. The van der Waals surface area contributed by atoms with Crippen molar-refractivity contribution >= 4 is 22.5 Å². The summed E-state index contributed by atoms with van der Waals surface area (Å²) in [7, 11) is 0. The summed E-state index contributed by atoms with van der Waals surface area (Å²) in [6, 6.07) is 20.3. The van der Waals surface area contributed by atoms with Gasteiger partial charge in [0.2, 0.25) is 0 Å². The van der Waals surface area contributed by atoms with Crippen LogP contribution in [-0.2, 0) is 24.2 Å². The lowest BCUT2D eigenvalue weighted by atomic mass is 9.99. The third-order valence-corrected chi connectivity index (χ3v) is 7.98. The van der Waals surface area contributed by atoms with Gasteiger partial charge in [-0.25, -0.2) is 4.39 Å². The van der Waals surface area contributed by atoms with Gasteiger partial charge in [0.25, 0.3) is 0 Å². The number of pyridine rings is 1. The lowest BCUT2D eigenvalue weighted by molar-refractivity contribution is -0.116. The number of ketones is 2. The van der Waals surface area contributed by atoms with Crippen molar-refractivity contribution in [2.24, 2.45) is 0 Å². The van der Waals surface area contributed by atoms with Crippen molar-refractivity contribution in [3.63, 3.8) is 0 Å². The number of nitrogens with zero attached hydrogens (tertiary/aromatic N) is 3. The van der Waals surface area contributed by atoms with Crippen LogP contribution in [0, 0.1) is 12.7 Å². The summed E-state index contributed by atoms with van der Waals surface area (Å²) in [5, 5.41) is 1.24. The maximum Gasteiger partial charge on any atom is 0.167 e. The van der Waals surface area contributed by atoms with Crippen LogP contribution in [0.15, 0.2) is 66.7 Å². The number of Topliss-reactive ketones (excluding diaryl/α,β-unsaturated/α-hetero) is 2. The molecule has 0 saturated carbocycles. The predicted octanol–water partition coefficient (Wildman–Crippen LogP) is 5.83. The molecule has 0 atom stereocenters. The number of hydrogen-bond donors (Lipinski definition) is 0. The number of benzene rings is 3. The first kappa shape index (κ1) is 31.3. The summed E-state index contributed by atoms with van der Waals surface area (Å²) in [5.41, 5.74) is 5.09. The standard InChI is InChI=1S/C19H17FO4.C17H23N3/c1-12(21)8-15-9-13(2-4-16(15)20)10-17(22)14-3-5-18-19(11-14)24-7-6-23-18;1-3-19-8-10-20(11-9-19)13-16-6-5-15-12-14(2)4-7-17(15)18-16/h2-5,9,11H,6-8,10H2,1H3;4-7,12H,3,8-11,13H2,1-2H3. The molecular formula is C36H40FN3O4. The number of rotatable bonds is 8. The van der Waals surface area contributed by atoms with Crippen molar-refractivity contribution in [2.75, 3.05) is 45.9 Å². The highest BCUT2D eigenvalue weighted by Gasteiger charge is 2.17. The minimum absolute atomic E-state index is 0.0257. The number of carbonyl (C=O) groups excluding carboxylic acids is 2. The number of halogens is 1. The number of hydrogen-bond acceptors (Lipinski definition) is 7. The number of carbonyl (C=O) groups is 2. The molecule has 44 heavy (non-hydrogen) atoms. The van der Waals surface area contributed by atoms with Gasteiger partial charge in [0.1, 0.15) is 24.8 Å². The normalized spacial score (nSPS) is 15.0. The van der Waals surface area contributed by atoms with Gasteiger partial charge in [0.05, 0.1) is 11.2 Å². The van der Waals surface area contributed by atoms with Gasteiger partial charge in [-0.15, -0.1) is 0 Å². The molecule has 6 rings (SSSR count). The average Bonchev–Trinajstić information content (AvgIpc) is 3.03. The smallest absolute Gasteiger partial charge is 0.167 e. The second-order valence-corrected chi connectivity index (χ2v) is 11.5. The fourth-order valence-corrected chi connectivity index (χ4v) is 5.51. The molecule has 0 amide bonds. The van der Waals surface area contributed by atoms with Crippen LogP contribution in [-0.4, -0.2) is 72.3 Å². The van der Waals surface area contributed by atoms with E-state index in [1.54, 1.807) is 30.3 Å². The Morgan fingerprint density at radius 3 is 2.34 bits per heavy atom. The average molecular weight is 598 g/mol. The van der Waals surface area contributed by atoms with E-state index < -0.39 is 5.82 Å². The molecule has 0 spiro atoms. The van der Waals surface area contributed by atoms with E-state index in [4.69, 9.17) is 14.5 Å². The van der Waals surface area contributed by atoms with Crippen LogP contribution in [0.3, 0.4) is 0 Å². The monoisotopic (exact) mass is 597 g/mol. The Kier molecular flexibility index (Phi) is 10.4. The van der Waals surface area contributed by atoms with Crippen LogP contribution in [0.5, 0.6) is 11.5 Å². The topological polar surface area (TPSA) is 72.0 Å². The first-order chi connectivity index (χ1) is 21.3. The van der Waals surface area contributed by atoms with Gasteiger partial charge in [-0.3, -0.25) is 19.5 Å². The molecular weight excluding hydrogens is 557 g/mol. The molecule has 3 aromatic carbocycles. The second-order valence-electron chi connectivity index (χ2n) is 11.5. The lowest BCUT2D eigenvalue weighted by Gasteiger charge is -2.33. The van der Waals surface area contributed by atoms with Crippen LogP contribution < -0.4 is 9.47 Å². The molecule has 1 aromatic heterocycles. The Labute approximate surface area is 258 Å². The largest absolute Gasteiger partial charge is 0.486 e. The van der Waals surface area contributed by atoms with Gasteiger partial charge < -0.3 is 14.4 Å². The molecule has 2 aliphatic heterocycles. The first-order valence-electron chi connectivity index (χ1n) is 15.3. The molecule has 3 heterocycles. The Hall–Kier alpha value is -4.14. The van der Waals surface area contributed by atoms with Crippen molar-refractivity contribution in [1.29, 1.82) is 0 Å². The molecule has 1 saturated heterocycles. The van der Waals surface area contributed by atoms with E-state index in [1.807, 2.05) is 0 Å². The molecule has 2 aliphatic rings. The third-order valence-electron chi connectivity index (χ3n) is 7.98. The van der Waals surface area contributed by atoms with Crippen molar-refractivity contribution in [3.8, 4) is 11.5 Å². The van der Waals surface area contributed by atoms with Crippen LogP contribution in [0.4, 0.5) is 4.39 Å². The zero-order valence-corrected chi connectivity index (χ0v) is 25.8. The molecule has 8 heteroatoms. The summed E-state index contributed by atoms with van der Waals surface area (Å²) in [6.07, 6.45) is 0.155. The predicted molar refractivity (Wildman–Crippen MR) is 170 cm³/mol. The molecule has 0 bridgehead atoms. The van der Waals surface area contributed by atoms with Crippen LogP contribution in [0.2, 0.25) is 0 Å². The van der Waals surface area contributed by atoms with Crippen molar-refractivity contribution < 1.29 is 23.5 Å². The minimum atomic E-state index is -0.430. The maximum absolute atomic E-state index is 13.7. The zero-order valence-electron chi connectivity index (χ0n) is 25.8. The molecule has 1 fully saturated rings. The quantitative estimate of drug-likeness (QED) is 0.237. The first-order valence-corrected chi connectivity index (χ1v) is 15.3. The molecule has 0 radical (unpaired) electrons. The minimum Gasteiger partial charge on any atom is -0.486 e. The van der Waals surface area contributed by atoms with Crippen molar-refractivity contribution in [2.45, 2.75) is 40.2 Å². The summed E-state index contributed by atoms with van der Waals surface area (Å²) in [4.78, 5) is 33.5. The number of aromatic nitrogens is 1. The molecule has 0 N–H and O–H groups in total. The second kappa shape index (κ2) is 14.6. The van der Waals surface area contributed by atoms with Crippen molar-refractivity contribution in [3.05, 3.63) is 100 Å². The van der Waals surface area contributed by atoms with E-state index in [2.05, 4.69) is 54.0 Å². The van der Waals surface area contributed by atoms with Gasteiger partial charge in [-0.2, -0.15) is 0 Å². The van der Waals surface area contributed by atoms with Gasteiger partial charge in [-0.1, -0.05) is 36.8 Å². The van der Waals surface area contributed by atoms with Gasteiger partial charge in [0, 0.05) is 56.5 Å². The fraction of sp³-hybridized carbons (Fsp3) is 0.361. The Bertz CT molecular complexity index is 1630. The highest BCUT2D eigenvalue weighted by atomic mass is 19.1. The molecule has 4 aromatic rings. The molecule has 230 valence electrons. The maximum atomic E-state index is 13.7. The SMILES string of the molecule is CC(=O)Cc1cc(CC(=O)c2ccc3c(c2)OCCO3)ccc1F.CCN1CCN(Cc2ccc3cc(C)ccc3n2)CC1. The Balaban J connectivity index is 0.000000177. The number of ether oxygens (including phenoxy) is 2. The van der Waals surface area contributed by atoms with E-state index in [0.717, 1.165) is 25.2 Å². The van der Waals surface area contributed by atoms with Crippen LogP contribution in [0.1, 0.15) is 46.6 Å². The Morgan fingerprint density at radius 2 is 1.59 bits per heavy atom. The van der Waals surface area contributed by atoms with Gasteiger partial charge in [0.15, 0.2) is 17.3 Å². The van der Waals surface area contributed by atoms with E-state index in [9.17, 15) is 14.0 Å². The number of likely N-dealkylation sites (N-methyl/N-ethyl adjacent to an activating group) is 1. The number of fused-ring (bicyclic) bond motifs is 2. The van der Waals surface area contributed by atoms with Crippen molar-refractivity contribution in [1.82, 2.24) is 14.8 Å². The van der Waals surface area contributed by atoms with E-state index >= 15 is 0 Å². The lowest BCUT2D eigenvalue weighted by Crippen LogP contribution is -2.45. The van der Waals surface area contributed by atoms with E-state index in [1.165, 1.54) is 49.3 Å². The summed E-state index contributed by atoms with van der Waals surface area (Å²) in [5.74, 6) is 0.532. The van der Waals surface area contributed by atoms with Crippen LogP contribution in [0.25, 0.3) is 10.9 Å². The van der Waals surface area contributed by atoms with Gasteiger partial charge >= 0.3 is 0 Å². The third kappa shape index (κ3) is 8.27. The zero-order chi connectivity index (χ0) is 31.1. The van der Waals surface area contributed by atoms with E-state index in [-0.39, 0.29) is 24.4 Å². The number of piperazine rings is 1. The van der Waals surface area contributed by atoms with E-state index in [0.29, 0.717) is 41.4 Å². The molecule has 7 nitrogen and oxygen atoms in total. The van der Waals surface area contributed by atoms with Gasteiger partial charge in [-0.05, 0) is 74.0 Å². The summed E-state index contributed by atoms with van der Waals surface area (Å²) < 4.78 is 24.6. The highest BCUT2D eigenvalue weighted by molar-refractivity contribution is 5.98.